The molecule has 0 fully saturated rings. The van der Waals surface area contributed by atoms with Crippen LogP contribution in [0.3, 0.4) is 0 Å². The topological polar surface area (TPSA) is 71.2 Å². The number of rotatable bonds is 3. The van der Waals surface area contributed by atoms with Crippen molar-refractivity contribution in [3.63, 3.8) is 0 Å². The smallest absolute Gasteiger partial charge is 0.173 e. The molecule has 7 heteroatoms. The normalized spacial score (nSPS) is 13.4. The molecule has 1 atom stereocenters. The zero-order valence-corrected chi connectivity index (χ0v) is 10.3. The lowest BCUT2D eigenvalue weighted by Crippen LogP contribution is -2.31. The van der Waals surface area contributed by atoms with Gasteiger partial charge in [-0.1, -0.05) is 11.8 Å². The number of aliphatic hydroxyl groups excluding tert-OH is 1. The minimum atomic E-state index is -1.95. The van der Waals surface area contributed by atoms with Crippen molar-refractivity contribution >= 4 is 0 Å². The van der Waals surface area contributed by atoms with Crippen molar-refractivity contribution < 1.29 is 19.0 Å². The molecule has 0 spiro atoms. The third-order valence-electron chi connectivity index (χ3n) is 2.61. The molecule has 0 radical (unpaired) electrons. The Hall–Kier alpha value is -2.30. The van der Waals surface area contributed by atoms with Gasteiger partial charge in [-0.2, -0.15) is 5.10 Å². The number of aliphatic hydroxyl groups is 2. The van der Waals surface area contributed by atoms with E-state index < -0.39 is 23.8 Å². The van der Waals surface area contributed by atoms with Gasteiger partial charge in [-0.15, -0.1) is 0 Å². The lowest BCUT2D eigenvalue weighted by atomic mass is 9.93. The lowest BCUT2D eigenvalue weighted by molar-refractivity contribution is 0.0717. The molecule has 2 rings (SSSR count). The van der Waals surface area contributed by atoms with Crippen molar-refractivity contribution in [1.82, 2.24) is 14.8 Å². The number of aromatic nitrogens is 3. The lowest BCUT2D eigenvalue weighted by Gasteiger charge is -2.23. The molecule has 0 saturated heterocycles. The Bertz CT molecular complexity index is 649. The molecule has 0 amide bonds. The number of benzene rings is 1. The molecule has 20 heavy (non-hydrogen) atoms. The second kappa shape index (κ2) is 5.77. The Morgan fingerprint density at radius 1 is 1.35 bits per heavy atom. The first-order valence-corrected chi connectivity index (χ1v) is 5.66. The van der Waals surface area contributed by atoms with Crippen LogP contribution in [0.15, 0.2) is 30.9 Å². The summed E-state index contributed by atoms with van der Waals surface area (Å²) in [5.41, 5.74) is -2.15. The van der Waals surface area contributed by atoms with Gasteiger partial charge in [0.2, 0.25) is 0 Å². The van der Waals surface area contributed by atoms with Gasteiger partial charge in [0.25, 0.3) is 0 Å². The fourth-order valence-corrected chi connectivity index (χ4v) is 1.75. The molecule has 0 aliphatic heterocycles. The van der Waals surface area contributed by atoms with Crippen LogP contribution in [-0.4, -0.2) is 31.6 Å². The van der Waals surface area contributed by atoms with Gasteiger partial charge in [0.1, 0.15) is 30.9 Å². The Morgan fingerprint density at radius 2 is 2.15 bits per heavy atom. The molecule has 104 valence electrons. The highest BCUT2D eigenvalue weighted by Crippen LogP contribution is 2.25. The number of hydrogen-bond donors (Lipinski definition) is 2. The fraction of sp³-hybridized carbons (Fsp3) is 0.231. The number of halogens is 2. The standard InChI is InChI=1S/C13H11F2N3O2/c14-10-2-3-11(12(15)6-10)13(20,4-1-5-19)7-18-9-16-8-17-18/h2-3,6,8-9,19-20H,5,7H2. The maximum Gasteiger partial charge on any atom is 0.173 e. The fourth-order valence-electron chi connectivity index (χ4n) is 1.75. The Kier molecular flexibility index (Phi) is 4.08. The van der Waals surface area contributed by atoms with Crippen LogP contribution in [0.25, 0.3) is 0 Å². The highest BCUT2D eigenvalue weighted by molar-refractivity contribution is 5.33. The van der Waals surface area contributed by atoms with Gasteiger partial charge in [-0.3, -0.25) is 0 Å². The van der Waals surface area contributed by atoms with E-state index in [1.54, 1.807) is 0 Å². The van der Waals surface area contributed by atoms with Gasteiger partial charge in [0.15, 0.2) is 5.60 Å². The summed E-state index contributed by atoms with van der Waals surface area (Å²) in [7, 11) is 0. The zero-order chi connectivity index (χ0) is 14.6. The molecule has 0 aliphatic carbocycles. The maximum absolute atomic E-state index is 13.8. The highest BCUT2D eigenvalue weighted by Gasteiger charge is 2.31. The van der Waals surface area contributed by atoms with Gasteiger partial charge >= 0.3 is 0 Å². The second-order valence-electron chi connectivity index (χ2n) is 4.04. The van der Waals surface area contributed by atoms with Crippen molar-refractivity contribution in [2.24, 2.45) is 0 Å². The first-order valence-electron chi connectivity index (χ1n) is 5.66. The Morgan fingerprint density at radius 3 is 2.75 bits per heavy atom. The van der Waals surface area contributed by atoms with Crippen molar-refractivity contribution in [3.05, 3.63) is 48.1 Å². The summed E-state index contributed by atoms with van der Waals surface area (Å²) < 4.78 is 28.0. The van der Waals surface area contributed by atoms with Crippen LogP contribution in [0.1, 0.15) is 5.56 Å². The van der Waals surface area contributed by atoms with E-state index >= 15 is 0 Å². The Balaban J connectivity index is 2.45. The predicted octanol–water partition coefficient (Wildman–Crippen LogP) is 0.440. The number of hydrogen-bond acceptors (Lipinski definition) is 4. The minimum absolute atomic E-state index is 0.199. The van der Waals surface area contributed by atoms with E-state index in [0.29, 0.717) is 6.07 Å². The summed E-state index contributed by atoms with van der Waals surface area (Å²) in [6.07, 6.45) is 2.58. The molecule has 0 saturated carbocycles. The number of nitrogens with zero attached hydrogens (tertiary/aromatic N) is 3. The molecule has 0 aliphatic rings. The summed E-state index contributed by atoms with van der Waals surface area (Å²) >= 11 is 0. The summed E-state index contributed by atoms with van der Waals surface area (Å²) in [6, 6.07) is 2.78. The molecular weight excluding hydrogens is 268 g/mol. The van der Waals surface area contributed by atoms with Gasteiger partial charge in [0.05, 0.1) is 6.54 Å². The molecular formula is C13H11F2N3O2. The van der Waals surface area contributed by atoms with E-state index in [0.717, 1.165) is 12.1 Å². The van der Waals surface area contributed by atoms with E-state index in [1.165, 1.54) is 17.3 Å². The van der Waals surface area contributed by atoms with E-state index in [4.69, 9.17) is 5.11 Å². The van der Waals surface area contributed by atoms with Crippen LogP contribution in [0.5, 0.6) is 0 Å². The summed E-state index contributed by atoms with van der Waals surface area (Å²) in [4.78, 5) is 3.71. The van der Waals surface area contributed by atoms with Crippen LogP contribution in [0, 0.1) is 23.5 Å². The van der Waals surface area contributed by atoms with Crippen molar-refractivity contribution in [2.75, 3.05) is 6.61 Å². The van der Waals surface area contributed by atoms with Gasteiger partial charge in [-0.05, 0) is 12.1 Å². The monoisotopic (exact) mass is 279 g/mol. The van der Waals surface area contributed by atoms with Crippen LogP contribution in [0.4, 0.5) is 8.78 Å². The molecule has 0 bridgehead atoms. The molecule has 1 aromatic heterocycles. The van der Waals surface area contributed by atoms with Crippen LogP contribution >= 0.6 is 0 Å². The van der Waals surface area contributed by atoms with Crippen molar-refractivity contribution in [3.8, 4) is 11.8 Å². The third kappa shape index (κ3) is 2.99. The van der Waals surface area contributed by atoms with Gasteiger partial charge in [0, 0.05) is 11.6 Å². The molecule has 5 nitrogen and oxygen atoms in total. The highest BCUT2D eigenvalue weighted by atomic mass is 19.1. The largest absolute Gasteiger partial charge is 0.384 e. The SMILES string of the molecule is OCC#CC(O)(Cn1cncn1)c1ccc(F)cc1F. The van der Waals surface area contributed by atoms with Crippen LogP contribution < -0.4 is 0 Å². The van der Waals surface area contributed by atoms with Crippen LogP contribution in [0.2, 0.25) is 0 Å². The van der Waals surface area contributed by atoms with E-state index in [1.807, 2.05) is 0 Å². The quantitative estimate of drug-likeness (QED) is 0.800. The van der Waals surface area contributed by atoms with E-state index in [-0.39, 0.29) is 12.1 Å². The van der Waals surface area contributed by atoms with Crippen molar-refractivity contribution in [1.29, 1.82) is 0 Å². The van der Waals surface area contributed by atoms with Crippen LogP contribution in [-0.2, 0) is 12.1 Å². The summed E-state index contributed by atoms with van der Waals surface area (Å²) in [6.45, 7) is -0.703. The summed E-state index contributed by atoms with van der Waals surface area (Å²) in [5, 5.41) is 23.1. The molecule has 2 aromatic rings. The van der Waals surface area contributed by atoms with E-state index in [9.17, 15) is 13.9 Å². The molecule has 1 unspecified atom stereocenters. The van der Waals surface area contributed by atoms with Crippen molar-refractivity contribution in [2.45, 2.75) is 12.1 Å². The second-order valence-corrected chi connectivity index (χ2v) is 4.04. The average Bonchev–Trinajstić information content (AvgIpc) is 2.88. The minimum Gasteiger partial charge on any atom is -0.384 e. The molecule has 1 aromatic carbocycles. The average molecular weight is 279 g/mol. The van der Waals surface area contributed by atoms with Gasteiger partial charge < -0.3 is 10.2 Å². The predicted molar refractivity (Wildman–Crippen MR) is 65.1 cm³/mol. The third-order valence-corrected chi connectivity index (χ3v) is 2.61. The first-order chi connectivity index (χ1) is 9.55. The first kappa shape index (κ1) is 14.1. The Labute approximate surface area is 113 Å². The molecule has 2 N–H and O–H groups in total. The summed E-state index contributed by atoms with van der Waals surface area (Å²) in [5.74, 6) is 2.95. The zero-order valence-electron chi connectivity index (χ0n) is 10.3. The molecule has 1 heterocycles. The maximum atomic E-state index is 13.8. The van der Waals surface area contributed by atoms with Gasteiger partial charge in [-0.25, -0.2) is 18.4 Å². The van der Waals surface area contributed by atoms with E-state index in [2.05, 4.69) is 21.9 Å².